The van der Waals surface area contributed by atoms with E-state index in [9.17, 15) is 18.0 Å². The van der Waals surface area contributed by atoms with Gasteiger partial charge >= 0.3 is 12.3 Å². The van der Waals surface area contributed by atoms with E-state index in [1.165, 1.54) is 5.56 Å². The van der Waals surface area contributed by atoms with Gasteiger partial charge in [0.1, 0.15) is 6.61 Å². The van der Waals surface area contributed by atoms with Crippen molar-refractivity contribution in [2.75, 3.05) is 32.8 Å². The number of benzene rings is 1. The summed E-state index contributed by atoms with van der Waals surface area (Å²) >= 11 is 6.20. The van der Waals surface area contributed by atoms with E-state index in [2.05, 4.69) is 18.8 Å². The lowest BCUT2D eigenvalue weighted by atomic mass is 9.92. The third kappa shape index (κ3) is 4.86. The quantitative estimate of drug-likeness (QED) is 0.600. The average Bonchev–Trinajstić information content (AvgIpc) is 3.32. The van der Waals surface area contributed by atoms with Crippen LogP contribution in [-0.4, -0.2) is 59.8 Å². The number of nitrogens with one attached hydrogen (secondary N) is 1. The van der Waals surface area contributed by atoms with Crippen molar-refractivity contribution in [1.82, 2.24) is 14.8 Å². The van der Waals surface area contributed by atoms with Crippen LogP contribution < -0.4 is 0 Å². The Morgan fingerprint density at radius 3 is 2.78 bits per heavy atom. The largest absolute Gasteiger partial charge is 0.448 e. The van der Waals surface area contributed by atoms with Gasteiger partial charge in [-0.25, -0.2) is 4.79 Å². The number of carbonyl (C=O) groups is 1. The highest BCUT2D eigenvalue weighted by molar-refractivity contribution is 6.31. The Morgan fingerprint density at radius 2 is 2.09 bits per heavy atom. The molecule has 9 heteroatoms. The molecular formula is C23H29ClF3N3O2. The van der Waals surface area contributed by atoms with Crippen LogP contribution >= 0.6 is 11.6 Å². The maximum Gasteiger partial charge on any atom is 0.410 e. The van der Waals surface area contributed by atoms with Gasteiger partial charge in [0.05, 0.1) is 12.0 Å². The molecule has 1 saturated heterocycles. The number of ether oxygens (including phenoxy) is 1. The van der Waals surface area contributed by atoms with E-state index in [0.29, 0.717) is 37.0 Å². The van der Waals surface area contributed by atoms with Crippen LogP contribution in [0.15, 0.2) is 18.2 Å². The predicted molar refractivity (Wildman–Crippen MR) is 118 cm³/mol. The number of halogens is 4. The van der Waals surface area contributed by atoms with Crippen molar-refractivity contribution in [2.45, 2.75) is 45.3 Å². The second-order valence-electron chi connectivity index (χ2n) is 9.24. The number of fused-ring (bicyclic) bond motifs is 3. The lowest BCUT2D eigenvalue weighted by Crippen LogP contribution is -2.41. The number of alkyl halides is 3. The van der Waals surface area contributed by atoms with Gasteiger partial charge in [-0.3, -0.25) is 9.80 Å². The Labute approximate surface area is 190 Å². The Hall–Kier alpha value is -1.93. The van der Waals surface area contributed by atoms with Crippen LogP contribution in [-0.2, 0) is 11.2 Å². The van der Waals surface area contributed by atoms with E-state index >= 15 is 0 Å². The molecule has 0 aliphatic carbocycles. The fourth-order valence-electron chi connectivity index (χ4n) is 4.90. The van der Waals surface area contributed by atoms with Gasteiger partial charge < -0.3 is 9.72 Å². The first-order valence-electron chi connectivity index (χ1n) is 11.2. The summed E-state index contributed by atoms with van der Waals surface area (Å²) in [5.41, 5.74) is 3.20. The summed E-state index contributed by atoms with van der Waals surface area (Å²) in [6.45, 7) is 5.51. The van der Waals surface area contributed by atoms with Gasteiger partial charge in [0.2, 0.25) is 0 Å². The number of nitrogens with zero attached hydrogens (tertiary/aromatic N) is 2. The Bertz CT molecular complexity index is 975. The van der Waals surface area contributed by atoms with Gasteiger partial charge in [-0.05, 0) is 55.5 Å². The summed E-state index contributed by atoms with van der Waals surface area (Å²) < 4.78 is 44.1. The van der Waals surface area contributed by atoms with Gasteiger partial charge in [0.25, 0.3) is 0 Å². The average molecular weight is 472 g/mol. The van der Waals surface area contributed by atoms with E-state index in [4.69, 9.17) is 16.3 Å². The zero-order valence-electron chi connectivity index (χ0n) is 18.3. The van der Waals surface area contributed by atoms with Gasteiger partial charge in [0.15, 0.2) is 0 Å². The van der Waals surface area contributed by atoms with Crippen molar-refractivity contribution in [3.63, 3.8) is 0 Å². The first-order valence-corrected chi connectivity index (χ1v) is 11.5. The third-order valence-corrected chi connectivity index (χ3v) is 6.75. The molecule has 5 nitrogen and oxygen atoms in total. The molecule has 176 valence electrons. The SMILES string of the molecule is CC(C)CC1c2[nH]c3ccc(Cl)cc3c2CCN1C(=O)OCCN1CCC(C(F)(F)F)C1. The van der Waals surface area contributed by atoms with Gasteiger partial charge in [-0.15, -0.1) is 0 Å². The summed E-state index contributed by atoms with van der Waals surface area (Å²) in [5.74, 6) is -0.926. The fourth-order valence-corrected chi connectivity index (χ4v) is 5.07. The van der Waals surface area contributed by atoms with Crippen molar-refractivity contribution in [3.05, 3.63) is 34.5 Å². The van der Waals surface area contributed by atoms with Gasteiger partial charge in [-0.2, -0.15) is 13.2 Å². The molecule has 4 rings (SSSR count). The van der Waals surface area contributed by atoms with Crippen LogP contribution in [0.3, 0.4) is 0 Å². The summed E-state index contributed by atoms with van der Waals surface area (Å²) in [6.07, 6.45) is -3.00. The molecule has 1 aromatic carbocycles. The standard InChI is InChI=1S/C23H29ClF3N3O2/c1-14(2)11-20-21-17(18-12-16(24)3-4-19(18)28-21)6-8-30(20)22(31)32-10-9-29-7-5-15(13-29)23(25,26)27/h3-4,12,14-15,20,28H,5-11,13H2,1-2H3. The summed E-state index contributed by atoms with van der Waals surface area (Å²) in [4.78, 5) is 19.9. The Morgan fingerprint density at radius 1 is 1.31 bits per heavy atom. The normalized spacial score (nSPS) is 22.0. The number of H-pyrrole nitrogens is 1. The van der Waals surface area contributed by atoms with Crippen molar-refractivity contribution in [1.29, 1.82) is 0 Å². The molecule has 1 N–H and O–H groups in total. The Balaban J connectivity index is 1.42. The number of carbonyl (C=O) groups excluding carboxylic acids is 1. The van der Waals surface area contributed by atoms with Crippen LogP contribution in [0.5, 0.6) is 0 Å². The van der Waals surface area contributed by atoms with Crippen molar-refractivity contribution < 1.29 is 22.7 Å². The molecule has 2 aliphatic rings. The molecule has 0 spiro atoms. The molecule has 1 aromatic heterocycles. The highest BCUT2D eigenvalue weighted by Crippen LogP contribution is 2.39. The number of rotatable bonds is 5. The molecule has 2 aliphatic heterocycles. The first-order chi connectivity index (χ1) is 15.1. The molecule has 2 atom stereocenters. The van der Waals surface area contributed by atoms with Crippen LogP contribution in [0.2, 0.25) is 5.02 Å². The van der Waals surface area contributed by atoms with E-state index in [1.54, 1.807) is 9.80 Å². The van der Waals surface area contributed by atoms with E-state index in [-0.39, 0.29) is 25.6 Å². The van der Waals surface area contributed by atoms with Crippen LogP contribution in [0.4, 0.5) is 18.0 Å². The lowest BCUT2D eigenvalue weighted by molar-refractivity contribution is -0.170. The molecule has 32 heavy (non-hydrogen) atoms. The molecule has 0 radical (unpaired) electrons. The van der Waals surface area contributed by atoms with E-state index in [1.807, 2.05) is 18.2 Å². The number of amides is 1. The number of hydrogen-bond acceptors (Lipinski definition) is 3. The summed E-state index contributed by atoms with van der Waals surface area (Å²) in [7, 11) is 0. The highest BCUT2D eigenvalue weighted by Gasteiger charge is 2.43. The number of likely N-dealkylation sites (tertiary alicyclic amines) is 1. The number of aromatic nitrogens is 1. The monoisotopic (exact) mass is 471 g/mol. The van der Waals surface area contributed by atoms with Crippen LogP contribution in [0.25, 0.3) is 10.9 Å². The molecule has 1 fully saturated rings. The highest BCUT2D eigenvalue weighted by atomic mass is 35.5. The lowest BCUT2D eigenvalue weighted by Gasteiger charge is -2.36. The van der Waals surface area contributed by atoms with E-state index < -0.39 is 18.2 Å². The van der Waals surface area contributed by atoms with Crippen molar-refractivity contribution in [3.8, 4) is 0 Å². The number of aromatic amines is 1. The van der Waals surface area contributed by atoms with Gasteiger partial charge in [-0.1, -0.05) is 25.4 Å². The predicted octanol–water partition coefficient (Wildman–Crippen LogP) is 5.79. The third-order valence-electron chi connectivity index (χ3n) is 6.51. The second kappa shape index (κ2) is 9.14. The topological polar surface area (TPSA) is 48.6 Å². The molecule has 2 unspecified atom stereocenters. The molecular weight excluding hydrogens is 443 g/mol. The minimum absolute atomic E-state index is 0.0261. The van der Waals surface area contributed by atoms with Crippen LogP contribution in [0.1, 0.15) is 44.0 Å². The van der Waals surface area contributed by atoms with Crippen molar-refractivity contribution in [2.24, 2.45) is 11.8 Å². The molecule has 2 aromatic rings. The second-order valence-corrected chi connectivity index (χ2v) is 9.67. The fraction of sp³-hybridized carbons (Fsp3) is 0.609. The first kappa shape index (κ1) is 23.2. The molecule has 3 heterocycles. The van der Waals surface area contributed by atoms with E-state index in [0.717, 1.165) is 23.0 Å². The molecule has 0 bridgehead atoms. The van der Waals surface area contributed by atoms with Crippen molar-refractivity contribution >= 4 is 28.6 Å². The zero-order chi connectivity index (χ0) is 23.0. The van der Waals surface area contributed by atoms with Crippen LogP contribution in [0, 0.1) is 11.8 Å². The zero-order valence-corrected chi connectivity index (χ0v) is 19.1. The minimum Gasteiger partial charge on any atom is -0.448 e. The molecule has 1 amide bonds. The Kier molecular flexibility index (Phi) is 6.63. The van der Waals surface area contributed by atoms with Gasteiger partial charge in [0, 0.05) is 41.3 Å². The summed E-state index contributed by atoms with van der Waals surface area (Å²) in [6, 6.07) is 5.61. The molecule has 0 saturated carbocycles. The maximum absolute atomic E-state index is 12.9. The summed E-state index contributed by atoms with van der Waals surface area (Å²) in [5, 5.41) is 1.76. The smallest absolute Gasteiger partial charge is 0.410 e. The number of hydrogen-bond donors (Lipinski definition) is 1. The maximum atomic E-state index is 12.9. The minimum atomic E-state index is -4.16.